The Bertz CT molecular complexity index is 707. The van der Waals surface area contributed by atoms with E-state index >= 15 is 0 Å². The van der Waals surface area contributed by atoms with E-state index in [1.165, 1.54) is 38.5 Å². The first-order chi connectivity index (χ1) is 12.1. The summed E-state index contributed by atoms with van der Waals surface area (Å²) in [6, 6.07) is 0. The second-order valence-corrected chi connectivity index (χ2v) is 11.9. The number of hydrogen-bond acceptors (Lipinski definition) is 2. The van der Waals surface area contributed by atoms with Gasteiger partial charge in [-0.25, -0.2) is 0 Å². The van der Waals surface area contributed by atoms with Gasteiger partial charge in [0.15, 0.2) is 0 Å². The fraction of sp³-hybridized carbons (Fsp3) is 0.917. The van der Waals surface area contributed by atoms with E-state index in [1.54, 1.807) is 0 Å². The van der Waals surface area contributed by atoms with E-state index < -0.39 is 0 Å². The van der Waals surface area contributed by atoms with Crippen LogP contribution in [0.4, 0.5) is 0 Å². The van der Waals surface area contributed by atoms with Crippen molar-refractivity contribution in [1.29, 1.82) is 0 Å². The zero-order valence-corrected chi connectivity index (χ0v) is 17.4. The lowest BCUT2D eigenvalue weighted by atomic mass is 9.42. The highest BCUT2D eigenvalue weighted by Gasteiger charge is 2.82. The molecule has 0 N–H and O–H groups in total. The smallest absolute Gasteiger partial charge is 0.138 e. The lowest BCUT2D eigenvalue weighted by Crippen LogP contribution is -2.57. The van der Waals surface area contributed by atoms with Gasteiger partial charge in [0.05, 0.1) is 0 Å². The molecule has 2 nitrogen and oxygen atoms in total. The Morgan fingerprint density at radius 1 is 0.846 bits per heavy atom. The molecule has 0 heterocycles. The fourth-order valence-electron chi connectivity index (χ4n) is 9.81. The van der Waals surface area contributed by atoms with Crippen molar-refractivity contribution >= 4 is 11.6 Å². The van der Waals surface area contributed by atoms with Crippen molar-refractivity contribution in [3.63, 3.8) is 0 Å². The first-order valence-corrected chi connectivity index (χ1v) is 11.1. The number of rotatable bonds is 1. The van der Waals surface area contributed by atoms with Crippen molar-refractivity contribution in [2.24, 2.45) is 44.8 Å². The van der Waals surface area contributed by atoms with Crippen molar-refractivity contribution in [3.8, 4) is 0 Å². The lowest BCUT2D eigenvalue weighted by molar-refractivity contribution is -0.158. The van der Waals surface area contributed by atoms with Crippen molar-refractivity contribution in [2.45, 2.75) is 92.4 Å². The zero-order valence-electron chi connectivity index (χ0n) is 17.4. The average molecular weight is 357 g/mol. The molecule has 5 aliphatic rings. The topological polar surface area (TPSA) is 34.1 Å². The first-order valence-electron chi connectivity index (χ1n) is 11.1. The van der Waals surface area contributed by atoms with Crippen molar-refractivity contribution in [3.05, 3.63) is 0 Å². The number of Topliss-reactive ketones (excluding diaryl/α,β-unsaturated/α-hetero) is 2. The van der Waals surface area contributed by atoms with Gasteiger partial charge in [0.1, 0.15) is 11.6 Å². The van der Waals surface area contributed by atoms with E-state index in [1.807, 2.05) is 6.92 Å². The highest BCUT2D eigenvalue weighted by atomic mass is 16.1. The number of ketones is 2. The molecule has 2 heteroatoms. The second-order valence-electron chi connectivity index (χ2n) is 11.9. The highest BCUT2D eigenvalue weighted by molar-refractivity contribution is 5.86. The van der Waals surface area contributed by atoms with Gasteiger partial charge in [0, 0.05) is 17.8 Å². The predicted molar refractivity (Wildman–Crippen MR) is 103 cm³/mol. The Balaban J connectivity index is 1.56. The maximum atomic E-state index is 12.7. The van der Waals surface area contributed by atoms with E-state index in [9.17, 15) is 9.59 Å². The van der Waals surface area contributed by atoms with Gasteiger partial charge in [0.25, 0.3) is 0 Å². The molecule has 144 valence electrons. The van der Waals surface area contributed by atoms with Crippen molar-refractivity contribution in [1.82, 2.24) is 0 Å². The Kier molecular flexibility index (Phi) is 3.13. The van der Waals surface area contributed by atoms with Crippen LogP contribution in [0.2, 0.25) is 0 Å². The molecular formula is C24H36O2. The molecule has 0 amide bonds. The van der Waals surface area contributed by atoms with Gasteiger partial charge in [-0.1, -0.05) is 27.7 Å². The highest BCUT2D eigenvalue weighted by Crippen LogP contribution is 2.88. The summed E-state index contributed by atoms with van der Waals surface area (Å²) in [6.45, 7) is 11.3. The third-order valence-corrected chi connectivity index (χ3v) is 11.3. The summed E-state index contributed by atoms with van der Waals surface area (Å²) in [6.07, 6.45) is 10.8. The molecule has 7 atom stereocenters. The zero-order chi connectivity index (χ0) is 18.8. The molecule has 0 aliphatic heterocycles. The number of hydrogen-bond donors (Lipinski definition) is 0. The van der Waals surface area contributed by atoms with Crippen molar-refractivity contribution in [2.75, 3.05) is 0 Å². The van der Waals surface area contributed by atoms with Crippen LogP contribution in [0, 0.1) is 44.8 Å². The molecule has 5 aliphatic carbocycles. The Morgan fingerprint density at radius 3 is 2.19 bits per heavy atom. The van der Waals surface area contributed by atoms with Gasteiger partial charge in [-0.05, 0) is 91.8 Å². The molecule has 5 rings (SSSR count). The van der Waals surface area contributed by atoms with E-state index in [0.717, 1.165) is 25.2 Å². The molecule has 0 bridgehead atoms. The molecule has 0 aromatic carbocycles. The molecule has 1 unspecified atom stereocenters. The Hall–Kier alpha value is -0.660. The summed E-state index contributed by atoms with van der Waals surface area (Å²) in [4.78, 5) is 25.1. The van der Waals surface area contributed by atoms with Gasteiger partial charge >= 0.3 is 0 Å². The molecule has 5 fully saturated rings. The van der Waals surface area contributed by atoms with E-state index in [-0.39, 0.29) is 16.7 Å². The lowest BCUT2D eigenvalue weighted by Gasteiger charge is -2.62. The van der Waals surface area contributed by atoms with Gasteiger partial charge < -0.3 is 0 Å². The van der Waals surface area contributed by atoms with Crippen LogP contribution in [0.5, 0.6) is 0 Å². The summed E-state index contributed by atoms with van der Waals surface area (Å²) in [5, 5.41) is 0. The molecule has 0 aromatic rings. The fourth-order valence-corrected chi connectivity index (χ4v) is 9.81. The Labute approximate surface area is 158 Å². The monoisotopic (exact) mass is 356 g/mol. The van der Waals surface area contributed by atoms with Crippen LogP contribution in [-0.4, -0.2) is 11.6 Å². The molecule has 26 heavy (non-hydrogen) atoms. The SMILES string of the molecule is CC(=O)[C@H]1CC[C@@]2(C)[C@@H]3CCC4C(C)(C)C(=O)CC[C@@]45C[C@]35CC[C@]12C. The molecule has 5 saturated carbocycles. The van der Waals surface area contributed by atoms with Gasteiger partial charge in [0.2, 0.25) is 0 Å². The molecule has 0 aromatic heterocycles. The largest absolute Gasteiger partial charge is 0.300 e. The minimum atomic E-state index is -0.119. The van der Waals surface area contributed by atoms with E-state index in [2.05, 4.69) is 27.7 Å². The predicted octanol–water partition coefficient (Wildman–Crippen LogP) is 5.58. The molecular weight excluding hydrogens is 320 g/mol. The average Bonchev–Trinajstić information content (AvgIpc) is 3.14. The molecule has 0 saturated heterocycles. The van der Waals surface area contributed by atoms with Crippen molar-refractivity contribution < 1.29 is 9.59 Å². The van der Waals surface area contributed by atoms with Gasteiger partial charge in [-0.15, -0.1) is 0 Å². The quantitative estimate of drug-likeness (QED) is 0.614. The number of carbonyl (C=O) groups is 2. The maximum Gasteiger partial charge on any atom is 0.138 e. The first kappa shape index (κ1) is 17.4. The third kappa shape index (κ3) is 1.60. The van der Waals surface area contributed by atoms with Crippen LogP contribution in [0.1, 0.15) is 92.4 Å². The molecule has 0 radical (unpaired) electrons. The standard InChI is InChI=1S/C24H36O2/c1-15(25)16-8-10-22(5)18-7-6-17-20(2,3)19(26)9-11-23(17)14-24(18,23)13-12-21(16,22)4/h16-18H,6-14H2,1-5H3/t16-,17?,18+,21-,22+,23-,24-/m1/s1. The Morgan fingerprint density at radius 2 is 1.50 bits per heavy atom. The summed E-state index contributed by atoms with van der Waals surface area (Å²) < 4.78 is 0. The molecule has 2 spiro atoms. The van der Waals surface area contributed by atoms with Gasteiger partial charge in [-0.3, -0.25) is 9.59 Å². The summed E-state index contributed by atoms with van der Waals surface area (Å²) in [7, 11) is 0. The number of fused-ring (bicyclic) bond motifs is 2. The summed E-state index contributed by atoms with van der Waals surface area (Å²) >= 11 is 0. The van der Waals surface area contributed by atoms with Crippen LogP contribution >= 0.6 is 0 Å². The van der Waals surface area contributed by atoms with E-state index in [0.29, 0.717) is 33.7 Å². The third-order valence-electron chi connectivity index (χ3n) is 11.3. The van der Waals surface area contributed by atoms with Crippen LogP contribution in [0.3, 0.4) is 0 Å². The van der Waals surface area contributed by atoms with Gasteiger partial charge in [-0.2, -0.15) is 0 Å². The second kappa shape index (κ2) is 4.66. The van der Waals surface area contributed by atoms with Crippen LogP contribution in [0.25, 0.3) is 0 Å². The minimum Gasteiger partial charge on any atom is -0.300 e. The maximum absolute atomic E-state index is 12.7. The minimum absolute atomic E-state index is 0.119. The van der Waals surface area contributed by atoms with E-state index in [4.69, 9.17) is 0 Å². The summed E-state index contributed by atoms with van der Waals surface area (Å²) in [5.74, 6) is 2.60. The number of carbonyl (C=O) groups excluding carboxylic acids is 2. The summed E-state index contributed by atoms with van der Waals surface area (Å²) in [5.41, 5.74) is 1.35. The van der Waals surface area contributed by atoms with Crippen LogP contribution in [0.15, 0.2) is 0 Å². The normalized spacial score (nSPS) is 56.8. The van der Waals surface area contributed by atoms with Crippen LogP contribution in [-0.2, 0) is 9.59 Å². The van der Waals surface area contributed by atoms with Crippen LogP contribution < -0.4 is 0 Å².